The van der Waals surface area contributed by atoms with Crippen molar-refractivity contribution in [3.8, 4) is 0 Å². The molecule has 6 rings (SSSR count). The van der Waals surface area contributed by atoms with Crippen LogP contribution in [0.2, 0.25) is 0 Å². The second-order valence-electron chi connectivity index (χ2n) is 14.6. The summed E-state index contributed by atoms with van der Waals surface area (Å²) in [5.74, 6) is 0.141. The first-order valence-electron chi connectivity index (χ1n) is 16.2. The van der Waals surface area contributed by atoms with Crippen LogP contribution in [0.25, 0.3) is 0 Å². The van der Waals surface area contributed by atoms with Crippen LogP contribution in [-0.2, 0) is 22.1 Å². The molecule has 2 unspecified atom stereocenters. The van der Waals surface area contributed by atoms with Gasteiger partial charge in [-0.3, -0.25) is 19.1 Å². The first kappa shape index (κ1) is 29.9. The number of aromatic nitrogens is 2. The van der Waals surface area contributed by atoms with Gasteiger partial charge in [0.15, 0.2) is 0 Å². The highest BCUT2D eigenvalue weighted by atomic mass is 16.2. The quantitative estimate of drug-likeness (QED) is 0.364. The Bertz CT molecular complexity index is 1360. The monoisotopic (exact) mass is 588 g/mol. The number of likely N-dealkylation sites (N-methyl/N-ethyl adjacent to an activating group) is 1. The first-order valence-corrected chi connectivity index (χ1v) is 16.2. The lowest BCUT2D eigenvalue weighted by Gasteiger charge is -2.42. The van der Waals surface area contributed by atoms with Crippen LogP contribution >= 0.6 is 0 Å². The molecule has 43 heavy (non-hydrogen) atoms. The van der Waals surface area contributed by atoms with Crippen LogP contribution in [0.5, 0.6) is 0 Å². The van der Waals surface area contributed by atoms with E-state index in [1.165, 1.54) is 25.7 Å². The van der Waals surface area contributed by atoms with Gasteiger partial charge in [0.1, 0.15) is 11.7 Å². The summed E-state index contributed by atoms with van der Waals surface area (Å²) in [5, 5.41) is 13.7. The van der Waals surface area contributed by atoms with Gasteiger partial charge < -0.3 is 20.9 Å². The molecule has 0 spiro atoms. The summed E-state index contributed by atoms with van der Waals surface area (Å²) < 4.78 is 1.54. The van der Waals surface area contributed by atoms with Crippen LogP contribution in [0.15, 0.2) is 36.5 Å². The zero-order valence-corrected chi connectivity index (χ0v) is 26.2. The molecule has 232 valence electrons. The van der Waals surface area contributed by atoms with Crippen molar-refractivity contribution in [1.82, 2.24) is 25.3 Å². The van der Waals surface area contributed by atoms with Crippen molar-refractivity contribution in [2.24, 2.45) is 29.7 Å². The van der Waals surface area contributed by atoms with Crippen molar-refractivity contribution in [3.63, 3.8) is 0 Å². The largest absolute Gasteiger partial charge is 0.355 e. The Kier molecular flexibility index (Phi) is 7.90. The molecule has 1 aromatic carbocycles. The fourth-order valence-corrected chi connectivity index (χ4v) is 7.77. The lowest BCUT2D eigenvalue weighted by Crippen LogP contribution is -2.54. The number of hydrogen-bond acceptors (Lipinski definition) is 5. The third-order valence-corrected chi connectivity index (χ3v) is 11.3. The minimum Gasteiger partial charge on any atom is -0.355 e. The van der Waals surface area contributed by atoms with Crippen LogP contribution < -0.4 is 16.0 Å². The van der Waals surface area contributed by atoms with E-state index in [0.717, 1.165) is 50.8 Å². The van der Waals surface area contributed by atoms with Crippen LogP contribution in [0.1, 0.15) is 87.7 Å². The molecule has 2 heterocycles. The normalized spacial score (nSPS) is 25.6. The fraction of sp³-hybridized carbons (Fsp3) is 0.647. The number of benzene rings is 1. The Morgan fingerprint density at radius 2 is 1.70 bits per heavy atom. The van der Waals surface area contributed by atoms with Crippen LogP contribution in [0, 0.1) is 22.7 Å². The molecule has 3 atom stereocenters. The van der Waals surface area contributed by atoms with E-state index in [9.17, 15) is 14.4 Å². The number of rotatable bonds is 11. The van der Waals surface area contributed by atoms with Crippen LogP contribution in [0.4, 0.5) is 5.69 Å². The fourth-order valence-electron chi connectivity index (χ4n) is 7.77. The van der Waals surface area contributed by atoms with Gasteiger partial charge >= 0.3 is 0 Å². The molecule has 2 aromatic rings. The number of carbonyl (C=O) groups is 3. The molecule has 0 radical (unpaired) electrons. The number of anilines is 1. The molecule has 3 N–H and O–H groups in total. The number of nitrogens with zero attached hydrogens (tertiary/aromatic N) is 3. The lowest BCUT2D eigenvalue weighted by molar-refractivity contribution is -0.127. The number of likely N-dealkylation sites (tertiary alicyclic amines) is 1. The van der Waals surface area contributed by atoms with Crippen molar-refractivity contribution < 1.29 is 14.4 Å². The summed E-state index contributed by atoms with van der Waals surface area (Å²) in [6.45, 7) is 6.77. The number of hydrogen-bond donors (Lipinski definition) is 3. The predicted molar refractivity (Wildman–Crippen MR) is 166 cm³/mol. The standard InChI is InChI=1S/C34H48N6O3/c1-32(14-6-15-32)21-35-31(43)34(18-20-39(3)22-34)24-9-11-25(12-10-24)37-30(42)28(38-29(41)26-13-19-36-40(26)4)27(23-7-5-8-23)33(2)16-17-33/h9-13,19,23,27-28H,5-8,14-18,20-22H2,1-4H3,(H,35,43)(H,37,42)(H,38,41)/t27?,28-,34?/m0/s1. The molecule has 1 saturated heterocycles. The first-order chi connectivity index (χ1) is 20.5. The second kappa shape index (κ2) is 11.4. The molecule has 1 aromatic heterocycles. The van der Waals surface area contributed by atoms with E-state index in [-0.39, 0.29) is 34.5 Å². The van der Waals surface area contributed by atoms with Crippen molar-refractivity contribution in [1.29, 1.82) is 0 Å². The van der Waals surface area contributed by atoms with Crippen LogP contribution in [-0.4, -0.2) is 65.1 Å². The van der Waals surface area contributed by atoms with E-state index in [1.54, 1.807) is 24.0 Å². The molecule has 4 aliphatic rings. The molecule has 9 nitrogen and oxygen atoms in total. The summed E-state index contributed by atoms with van der Waals surface area (Å²) in [6, 6.07) is 8.84. The topological polar surface area (TPSA) is 108 Å². The zero-order valence-electron chi connectivity index (χ0n) is 26.2. The van der Waals surface area contributed by atoms with E-state index < -0.39 is 11.5 Å². The van der Waals surface area contributed by atoms with Gasteiger partial charge in [0.2, 0.25) is 11.8 Å². The smallest absolute Gasteiger partial charge is 0.270 e. The average Bonchev–Trinajstić information content (AvgIpc) is 3.32. The van der Waals surface area contributed by atoms with E-state index in [2.05, 4.69) is 46.8 Å². The van der Waals surface area contributed by atoms with Gasteiger partial charge in [-0.25, -0.2) is 0 Å². The molecular formula is C34H48N6O3. The molecule has 0 bridgehead atoms. The maximum Gasteiger partial charge on any atom is 0.270 e. The number of aryl methyl sites for hydroxylation is 1. The van der Waals surface area contributed by atoms with E-state index in [4.69, 9.17) is 0 Å². The maximum atomic E-state index is 14.0. The third kappa shape index (κ3) is 5.85. The molecule has 3 aliphatic carbocycles. The Labute approximate surface area is 255 Å². The van der Waals surface area contributed by atoms with Crippen molar-refractivity contribution in [3.05, 3.63) is 47.8 Å². The van der Waals surface area contributed by atoms with Crippen molar-refractivity contribution >= 4 is 23.4 Å². The average molecular weight is 589 g/mol. The third-order valence-electron chi connectivity index (χ3n) is 11.3. The molecule has 9 heteroatoms. The highest BCUT2D eigenvalue weighted by Gasteiger charge is 2.54. The number of amides is 3. The summed E-state index contributed by atoms with van der Waals surface area (Å²) in [4.78, 5) is 43.3. The van der Waals surface area contributed by atoms with Gasteiger partial charge in [0, 0.05) is 32.0 Å². The highest BCUT2D eigenvalue weighted by molar-refractivity contribution is 6.01. The lowest BCUT2D eigenvalue weighted by atomic mass is 9.66. The Morgan fingerprint density at radius 1 is 0.977 bits per heavy atom. The van der Waals surface area contributed by atoms with Crippen molar-refractivity contribution in [2.75, 3.05) is 32.0 Å². The van der Waals surface area contributed by atoms with E-state index in [0.29, 0.717) is 23.8 Å². The van der Waals surface area contributed by atoms with Gasteiger partial charge in [-0.05, 0) is 92.1 Å². The van der Waals surface area contributed by atoms with Gasteiger partial charge in [0.25, 0.3) is 5.91 Å². The van der Waals surface area contributed by atoms with Crippen LogP contribution in [0.3, 0.4) is 0 Å². The predicted octanol–water partition coefficient (Wildman–Crippen LogP) is 4.25. The summed E-state index contributed by atoms with van der Waals surface area (Å²) in [5.41, 5.74) is 1.75. The van der Waals surface area contributed by atoms with Crippen molar-refractivity contribution in [2.45, 2.75) is 83.1 Å². The van der Waals surface area contributed by atoms with E-state index in [1.807, 2.05) is 24.3 Å². The number of carbonyl (C=O) groups excluding carboxylic acids is 3. The van der Waals surface area contributed by atoms with Gasteiger partial charge in [-0.1, -0.05) is 51.7 Å². The number of nitrogens with one attached hydrogen (secondary N) is 3. The van der Waals surface area contributed by atoms with Gasteiger partial charge in [0.05, 0.1) is 5.41 Å². The summed E-state index contributed by atoms with van der Waals surface area (Å²) >= 11 is 0. The molecule has 3 amide bonds. The zero-order chi connectivity index (χ0) is 30.4. The molecule has 3 saturated carbocycles. The molecule has 1 aliphatic heterocycles. The summed E-state index contributed by atoms with van der Waals surface area (Å²) in [7, 11) is 3.80. The molecular weight excluding hydrogens is 540 g/mol. The highest BCUT2D eigenvalue weighted by Crippen LogP contribution is 2.58. The second-order valence-corrected chi connectivity index (χ2v) is 14.6. The minimum atomic E-state index is -0.645. The molecule has 4 fully saturated rings. The summed E-state index contributed by atoms with van der Waals surface area (Å²) in [6.07, 6.45) is 11.4. The van der Waals surface area contributed by atoms with E-state index >= 15 is 0 Å². The SMILES string of the molecule is CN1CCC(C(=O)NCC2(C)CCC2)(c2ccc(NC(=O)[C@@H](NC(=O)c3ccnn3C)C(C3CCC3)C3(C)CC3)cc2)C1. The Balaban J connectivity index is 1.20. The Hall–Kier alpha value is -3.20. The maximum absolute atomic E-state index is 14.0. The minimum absolute atomic E-state index is 0.0570. The van der Waals surface area contributed by atoms with Gasteiger partial charge in [-0.15, -0.1) is 0 Å². The van der Waals surface area contributed by atoms with Gasteiger partial charge in [-0.2, -0.15) is 5.10 Å². The Morgan fingerprint density at radius 3 is 2.21 bits per heavy atom.